The Morgan fingerprint density at radius 3 is 2.48 bits per heavy atom. The minimum absolute atomic E-state index is 0.0918. The van der Waals surface area contributed by atoms with Crippen LogP contribution in [-0.4, -0.2) is 42.3 Å². The molecule has 0 aromatic heterocycles. The maximum Gasteiger partial charge on any atom is 0.252 e. The molecule has 2 aromatic rings. The number of thioether (sulfide) groups is 1. The maximum atomic E-state index is 12.7. The number of nitrogens with zero attached hydrogens (tertiary/aromatic N) is 2. The molecule has 0 bridgehead atoms. The molecular weight excluding hydrogens is 404 g/mol. The molecular formula is C22H24N2O3S2. The van der Waals surface area contributed by atoms with Gasteiger partial charge in [-0.1, -0.05) is 53.7 Å². The highest BCUT2D eigenvalue weighted by atomic mass is 32.2. The lowest BCUT2D eigenvalue weighted by molar-refractivity contribution is -0.117. The molecule has 2 aromatic carbocycles. The molecule has 5 nitrogen and oxygen atoms in total. The van der Waals surface area contributed by atoms with Gasteiger partial charge in [0.05, 0.1) is 24.0 Å². The molecule has 152 valence electrons. The van der Waals surface area contributed by atoms with Crippen LogP contribution in [0.1, 0.15) is 22.3 Å². The summed E-state index contributed by atoms with van der Waals surface area (Å²) in [4.78, 5) is 19.1. The Hall–Kier alpha value is -2.12. The minimum atomic E-state index is -3.08. The van der Waals surface area contributed by atoms with Crippen molar-refractivity contribution in [2.45, 2.75) is 38.5 Å². The number of rotatable bonds is 3. The average Bonchev–Trinajstić information content (AvgIpc) is 3.10. The highest BCUT2D eigenvalue weighted by molar-refractivity contribution is 8.16. The SMILES string of the molecule is Cc1ccc(CC(=O)N=C2S[C@@H]3CS(=O)(=O)C[C@@H]3N2c2cc(C)ccc2C)cc1. The Morgan fingerprint density at radius 1 is 1.07 bits per heavy atom. The molecule has 7 heteroatoms. The van der Waals surface area contributed by atoms with Gasteiger partial charge in [-0.15, -0.1) is 0 Å². The molecule has 2 atom stereocenters. The monoisotopic (exact) mass is 428 g/mol. The Labute approximate surface area is 176 Å². The molecule has 2 saturated heterocycles. The van der Waals surface area contributed by atoms with Crippen LogP contribution in [0.15, 0.2) is 47.5 Å². The lowest BCUT2D eigenvalue weighted by Gasteiger charge is -2.26. The van der Waals surface area contributed by atoms with Crippen molar-refractivity contribution >= 4 is 38.4 Å². The summed E-state index contributed by atoms with van der Waals surface area (Å²) in [7, 11) is -3.08. The molecule has 0 aliphatic carbocycles. The highest BCUT2D eigenvalue weighted by Gasteiger charge is 2.49. The van der Waals surface area contributed by atoms with E-state index in [0.717, 1.165) is 27.9 Å². The number of amides is 1. The lowest BCUT2D eigenvalue weighted by Crippen LogP contribution is -2.38. The van der Waals surface area contributed by atoms with Crippen molar-refractivity contribution in [2.24, 2.45) is 4.99 Å². The number of aliphatic imine (C=N–C) groups is 1. The standard InChI is InChI=1S/C22H24N2O3S2/c1-14-5-8-17(9-6-14)11-21(25)23-22-24(18-10-15(2)4-7-16(18)3)19-12-29(26,27)13-20(19)28-22/h4-10,19-20H,11-13H2,1-3H3/t19-,20+/m0/s1. The smallest absolute Gasteiger partial charge is 0.252 e. The first-order valence-corrected chi connectivity index (χ1v) is 12.3. The van der Waals surface area contributed by atoms with Gasteiger partial charge in [-0.25, -0.2) is 8.42 Å². The normalized spacial score (nSPS) is 24.1. The first-order valence-electron chi connectivity index (χ1n) is 9.62. The van der Waals surface area contributed by atoms with Crippen LogP contribution in [0.25, 0.3) is 0 Å². The van der Waals surface area contributed by atoms with Gasteiger partial charge in [0, 0.05) is 10.9 Å². The summed E-state index contributed by atoms with van der Waals surface area (Å²) in [6.07, 6.45) is 0.235. The minimum Gasteiger partial charge on any atom is -0.315 e. The zero-order valence-corrected chi connectivity index (χ0v) is 18.4. The zero-order chi connectivity index (χ0) is 20.8. The van der Waals surface area contributed by atoms with E-state index in [-0.39, 0.29) is 35.1 Å². The number of sulfone groups is 1. The van der Waals surface area contributed by atoms with Crippen molar-refractivity contribution in [1.82, 2.24) is 0 Å². The quantitative estimate of drug-likeness (QED) is 0.749. The number of carbonyl (C=O) groups is 1. The Morgan fingerprint density at radius 2 is 1.76 bits per heavy atom. The third-order valence-corrected chi connectivity index (χ3v) is 8.60. The van der Waals surface area contributed by atoms with E-state index in [1.165, 1.54) is 11.8 Å². The van der Waals surface area contributed by atoms with Crippen molar-refractivity contribution < 1.29 is 13.2 Å². The lowest BCUT2D eigenvalue weighted by atomic mass is 10.1. The van der Waals surface area contributed by atoms with Crippen LogP contribution in [-0.2, 0) is 21.1 Å². The predicted octanol–water partition coefficient (Wildman–Crippen LogP) is 3.46. The number of benzene rings is 2. The van der Waals surface area contributed by atoms with E-state index in [0.29, 0.717) is 5.17 Å². The van der Waals surface area contributed by atoms with Gasteiger partial charge in [0.15, 0.2) is 15.0 Å². The van der Waals surface area contributed by atoms with Crippen molar-refractivity contribution in [3.63, 3.8) is 0 Å². The number of amidine groups is 1. The van der Waals surface area contributed by atoms with Crippen molar-refractivity contribution in [3.05, 3.63) is 64.7 Å². The summed E-state index contributed by atoms with van der Waals surface area (Å²) in [5, 5.41) is 0.520. The summed E-state index contributed by atoms with van der Waals surface area (Å²) in [6.45, 7) is 6.02. The molecule has 2 heterocycles. The molecule has 29 heavy (non-hydrogen) atoms. The van der Waals surface area contributed by atoms with E-state index >= 15 is 0 Å². The first kappa shape index (κ1) is 20.2. The van der Waals surface area contributed by atoms with E-state index in [1.54, 1.807) is 0 Å². The third kappa shape index (κ3) is 4.26. The van der Waals surface area contributed by atoms with Crippen LogP contribution in [0.4, 0.5) is 5.69 Å². The van der Waals surface area contributed by atoms with Crippen LogP contribution in [0.3, 0.4) is 0 Å². The molecule has 2 fully saturated rings. The van der Waals surface area contributed by atoms with Gasteiger partial charge in [0.25, 0.3) is 5.91 Å². The van der Waals surface area contributed by atoms with Gasteiger partial charge in [-0.05, 0) is 43.5 Å². The van der Waals surface area contributed by atoms with E-state index in [2.05, 4.69) is 4.99 Å². The third-order valence-electron chi connectivity index (χ3n) is 5.39. The van der Waals surface area contributed by atoms with Crippen LogP contribution in [0.5, 0.6) is 0 Å². The second-order valence-electron chi connectivity index (χ2n) is 7.91. The molecule has 2 aliphatic heterocycles. The topological polar surface area (TPSA) is 66.8 Å². The summed E-state index contributed by atoms with van der Waals surface area (Å²) >= 11 is 1.42. The largest absolute Gasteiger partial charge is 0.315 e. The van der Waals surface area contributed by atoms with Gasteiger partial charge in [-0.3, -0.25) is 4.79 Å². The van der Waals surface area contributed by atoms with E-state index in [9.17, 15) is 13.2 Å². The zero-order valence-electron chi connectivity index (χ0n) is 16.8. The second kappa shape index (κ2) is 7.61. The molecule has 0 saturated carbocycles. The second-order valence-corrected chi connectivity index (χ2v) is 11.3. The molecule has 1 amide bonds. The van der Waals surface area contributed by atoms with E-state index in [4.69, 9.17) is 0 Å². The van der Waals surface area contributed by atoms with Gasteiger partial charge in [0.1, 0.15) is 0 Å². The van der Waals surface area contributed by atoms with Crippen LogP contribution in [0, 0.1) is 20.8 Å². The Balaban J connectivity index is 1.67. The maximum absolute atomic E-state index is 12.7. The fourth-order valence-corrected chi connectivity index (χ4v) is 7.78. The molecule has 0 unspecified atom stereocenters. The van der Waals surface area contributed by atoms with E-state index < -0.39 is 9.84 Å². The van der Waals surface area contributed by atoms with Crippen molar-refractivity contribution in [1.29, 1.82) is 0 Å². The molecule has 0 spiro atoms. The summed E-state index contributed by atoms with van der Waals surface area (Å²) in [5.41, 5.74) is 5.14. The fourth-order valence-electron chi connectivity index (χ4n) is 3.85. The van der Waals surface area contributed by atoms with Crippen molar-refractivity contribution in [3.8, 4) is 0 Å². The van der Waals surface area contributed by atoms with Gasteiger partial charge < -0.3 is 4.90 Å². The number of hydrogen-bond donors (Lipinski definition) is 0. The van der Waals surface area contributed by atoms with Gasteiger partial charge in [-0.2, -0.15) is 4.99 Å². The van der Waals surface area contributed by atoms with Crippen LogP contribution >= 0.6 is 11.8 Å². The molecule has 0 radical (unpaired) electrons. The predicted molar refractivity (Wildman–Crippen MR) is 120 cm³/mol. The Kier molecular flexibility index (Phi) is 5.29. The van der Waals surface area contributed by atoms with E-state index in [1.807, 2.05) is 68.1 Å². The highest BCUT2D eigenvalue weighted by Crippen LogP contribution is 2.42. The van der Waals surface area contributed by atoms with Crippen molar-refractivity contribution in [2.75, 3.05) is 16.4 Å². The number of fused-ring (bicyclic) bond motifs is 1. The molecule has 0 N–H and O–H groups in total. The van der Waals surface area contributed by atoms with Crippen LogP contribution < -0.4 is 4.90 Å². The number of carbonyl (C=O) groups excluding carboxylic acids is 1. The van der Waals surface area contributed by atoms with Gasteiger partial charge >= 0.3 is 0 Å². The van der Waals surface area contributed by atoms with Gasteiger partial charge in [0.2, 0.25) is 0 Å². The number of hydrogen-bond acceptors (Lipinski definition) is 4. The first-order chi connectivity index (χ1) is 13.7. The number of aryl methyl sites for hydroxylation is 3. The number of anilines is 1. The Bertz CT molecular complexity index is 1090. The summed E-state index contributed by atoms with van der Waals surface area (Å²) in [6, 6.07) is 13.8. The summed E-state index contributed by atoms with van der Waals surface area (Å²) < 4.78 is 24.4. The fraction of sp³-hybridized carbons (Fsp3) is 0.364. The molecule has 2 aliphatic rings. The average molecular weight is 429 g/mol. The summed E-state index contributed by atoms with van der Waals surface area (Å²) in [5.74, 6) is 0.0208. The molecule has 4 rings (SSSR count). The van der Waals surface area contributed by atoms with Crippen LogP contribution in [0.2, 0.25) is 0 Å².